The monoisotopic (exact) mass is 455 g/mol. The van der Waals surface area contributed by atoms with Gasteiger partial charge < -0.3 is 19.9 Å². The molecule has 33 heavy (non-hydrogen) atoms. The molecule has 3 atom stereocenters. The number of aliphatic carboxylic acids is 1. The molecule has 8 nitrogen and oxygen atoms in total. The van der Waals surface area contributed by atoms with E-state index in [0.29, 0.717) is 16.7 Å². The van der Waals surface area contributed by atoms with E-state index >= 15 is 0 Å². The van der Waals surface area contributed by atoms with E-state index in [1.165, 1.54) is 6.92 Å². The Hall–Kier alpha value is -3.68. The Labute approximate surface area is 192 Å². The molecule has 2 N–H and O–H groups in total. The number of rotatable bonds is 8. The highest BCUT2D eigenvalue weighted by molar-refractivity contribution is 6.09. The Balaban J connectivity index is 2.10. The Morgan fingerprint density at radius 1 is 0.909 bits per heavy atom. The molecule has 0 spiro atoms. The Bertz CT molecular complexity index is 1010. The molecule has 0 heterocycles. The predicted molar refractivity (Wildman–Crippen MR) is 121 cm³/mol. The molecule has 0 aliphatic carbocycles. The summed E-state index contributed by atoms with van der Waals surface area (Å²) >= 11 is 0. The summed E-state index contributed by atoms with van der Waals surface area (Å²) in [5, 5.41) is 11.7. The molecule has 2 unspecified atom stereocenters. The fraction of sp³-hybridized carbons (Fsp3) is 0.360. The van der Waals surface area contributed by atoms with Gasteiger partial charge in [0.1, 0.15) is 11.7 Å². The van der Waals surface area contributed by atoms with Crippen molar-refractivity contribution < 1.29 is 33.8 Å². The van der Waals surface area contributed by atoms with Crippen molar-refractivity contribution in [3.8, 4) is 0 Å². The highest BCUT2D eigenvalue weighted by Crippen LogP contribution is 2.21. The van der Waals surface area contributed by atoms with Crippen LogP contribution in [0.2, 0.25) is 0 Å². The minimum Gasteiger partial charge on any atom is -0.480 e. The molecule has 2 aromatic carbocycles. The van der Waals surface area contributed by atoms with Gasteiger partial charge in [-0.25, -0.2) is 9.59 Å². The van der Waals surface area contributed by atoms with Gasteiger partial charge in [-0.3, -0.25) is 9.59 Å². The van der Waals surface area contributed by atoms with Crippen LogP contribution in [0.5, 0.6) is 0 Å². The van der Waals surface area contributed by atoms with Gasteiger partial charge in [-0.15, -0.1) is 0 Å². The van der Waals surface area contributed by atoms with Crippen molar-refractivity contribution in [3.05, 3.63) is 71.3 Å². The number of amides is 1. The Morgan fingerprint density at radius 2 is 1.52 bits per heavy atom. The van der Waals surface area contributed by atoms with Crippen LogP contribution < -0.4 is 5.32 Å². The van der Waals surface area contributed by atoms with Gasteiger partial charge in [-0.1, -0.05) is 48.5 Å². The molecule has 0 saturated heterocycles. The van der Waals surface area contributed by atoms with E-state index in [1.54, 1.807) is 76.2 Å². The van der Waals surface area contributed by atoms with Crippen molar-refractivity contribution in [1.82, 2.24) is 5.32 Å². The van der Waals surface area contributed by atoms with Gasteiger partial charge in [0, 0.05) is 11.1 Å². The van der Waals surface area contributed by atoms with Crippen molar-refractivity contribution in [3.63, 3.8) is 0 Å². The van der Waals surface area contributed by atoms with Crippen LogP contribution in [-0.2, 0) is 19.1 Å². The van der Waals surface area contributed by atoms with E-state index in [-0.39, 0.29) is 5.78 Å². The third kappa shape index (κ3) is 7.45. The van der Waals surface area contributed by atoms with Crippen LogP contribution in [0.3, 0.4) is 0 Å². The molecule has 0 bridgehead atoms. The Morgan fingerprint density at radius 3 is 2.09 bits per heavy atom. The number of hydrogen-bond acceptors (Lipinski definition) is 6. The molecule has 176 valence electrons. The summed E-state index contributed by atoms with van der Waals surface area (Å²) in [5.74, 6) is -3.01. The number of carboxylic acid groups (broad SMARTS) is 1. The van der Waals surface area contributed by atoms with Gasteiger partial charge in [-0.05, 0) is 46.2 Å². The second kappa shape index (κ2) is 10.8. The fourth-order valence-electron chi connectivity index (χ4n) is 3.01. The quantitative estimate of drug-likeness (QED) is 0.457. The summed E-state index contributed by atoms with van der Waals surface area (Å²) < 4.78 is 10.4. The van der Waals surface area contributed by atoms with E-state index in [2.05, 4.69) is 5.32 Å². The molecule has 0 saturated carbocycles. The number of carboxylic acids is 1. The van der Waals surface area contributed by atoms with Crippen LogP contribution in [0.1, 0.15) is 62.0 Å². The van der Waals surface area contributed by atoms with E-state index in [0.717, 1.165) is 0 Å². The van der Waals surface area contributed by atoms with Crippen LogP contribution in [-0.4, -0.2) is 46.7 Å². The summed E-state index contributed by atoms with van der Waals surface area (Å²) in [6.45, 7) is 7.90. The normalized spacial score (nSPS) is 13.8. The standard InChI is InChI=1S/C25H29NO7/c1-15(18-12-9-13-19(14-18)21(27)17-10-7-6-8-11-17)23(30)32-16(2)20(22(28)29)26-24(31)33-25(3,4)5/h6-16,20H,1-5H3,(H,26,31)(H,28,29)/t15?,16?,20-/m0/s1. The van der Waals surface area contributed by atoms with Gasteiger partial charge in [0.05, 0.1) is 5.92 Å². The van der Waals surface area contributed by atoms with Gasteiger partial charge >= 0.3 is 18.0 Å². The topological polar surface area (TPSA) is 119 Å². The van der Waals surface area contributed by atoms with Crippen molar-refractivity contribution in [2.24, 2.45) is 0 Å². The molecule has 8 heteroatoms. The second-order valence-corrected chi connectivity index (χ2v) is 8.65. The molecule has 0 aliphatic heterocycles. The average Bonchev–Trinajstić information content (AvgIpc) is 2.75. The van der Waals surface area contributed by atoms with Crippen molar-refractivity contribution >= 4 is 23.8 Å². The molecule has 0 aliphatic rings. The lowest BCUT2D eigenvalue weighted by Crippen LogP contribution is -2.50. The maximum Gasteiger partial charge on any atom is 0.408 e. The van der Waals surface area contributed by atoms with Crippen molar-refractivity contribution in [1.29, 1.82) is 0 Å². The highest BCUT2D eigenvalue weighted by atomic mass is 16.6. The Kier molecular flexibility index (Phi) is 8.34. The average molecular weight is 456 g/mol. The van der Waals surface area contributed by atoms with Crippen LogP contribution in [0.25, 0.3) is 0 Å². The van der Waals surface area contributed by atoms with Crippen molar-refractivity contribution in [2.45, 2.75) is 58.3 Å². The first-order valence-electron chi connectivity index (χ1n) is 10.5. The van der Waals surface area contributed by atoms with Crippen molar-refractivity contribution in [2.75, 3.05) is 0 Å². The largest absolute Gasteiger partial charge is 0.480 e. The number of alkyl carbamates (subject to hydrolysis) is 1. The SMILES string of the molecule is CC(C(=O)OC(C)[C@H](NC(=O)OC(C)(C)C)C(=O)O)c1cccc(C(=O)c2ccccc2)c1. The number of carbonyl (C=O) groups is 4. The minimum absolute atomic E-state index is 0.182. The molecule has 0 aromatic heterocycles. The van der Waals surface area contributed by atoms with Crippen LogP contribution >= 0.6 is 0 Å². The zero-order valence-electron chi connectivity index (χ0n) is 19.3. The van der Waals surface area contributed by atoms with Crippen LogP contribution in [0.4, 0.5) is 4.79 Å². The molecule has 1 amide bonds. The number of ether oxygens (including phenoxy) is 2. The number of hydrogen-bond donors (Lipinski definition) is 2. The molecule has 2 aromatic rings. The number of benzene rings is 2. The lowest BCUT2D eigenvalue weighted by Gasteiger charge is -2.25. The molecular formula is C25H29NO7. The summed E-state index contributed by atoms with van der Waals surface area (Å²) in [5.41, 5.74) is 0.669. The summed E-state index contributed by atoms with van der Waals surface area (Å²) in [6, 6.07) is 13.9. The molecule has 2 rings (SSSR count). The first-order valence-corrected chi connectivity index (χ1v) is 10.5. The highest BCUT2D eigenvalue weighted by Gasteiger charge is 2.32. The predicted octanol–water partition coefficient (Wildman–Crippen LogP) is 3.93. The zero-order valence-corrected chi connectivity index (χ0v) is 19.3. The van der Waals surface area contributed by atoms with E-state index < -0.39 is 41.7 Å². The zero-order chi connectivity index (χ0) is 24.8. The lowest BCUT2D eigenvalue weighted by atomic mass is 9.95. The molecule has 0 radical (unpaired) electrons. The third-order valence-electron chi connectivity index (χ3n) is 4.75. The molecular weight excluding hydrogens is 426 g/mol. The maximum absolute atomic E-state index is 12.7. The fourth-order valence-corrected chi connectivity index (χ4v) is 3.01. The first-order chi connectivity index (χ1) is 15.4. The molecule has 0 fully saturated rings. The smallest absolute Gasteiger partial charge is 0.408 e. The van der Waals surface area contributed by atoms with Crippen LogP contribution in [0.15, 0.2) is 54.6 Å². The van der Waals surface area contributed by atoms with E-state index in [4.69, 9.17) is 9.47 Å². The minimum atomic E-state index is -1.50. The van der Waals surface area contributed by atoms with Gasteiger partial charge in [0.15, 0.2) is 11.8 Å². The van der Waals surface area contributed by atoms with Crippen LogP contribution in [0, 0.1) is 0 Å². The van der Waals surface area contributed by atoms with Gasteiger partial charge in [0.2, 0.25) is 0 Å². The third-order valence-corrected chi connectivity index (χ3v) is 4.75. The lowest BCUT2D eigenvalue weighted by molar-refractivity contribution is -0.155. The maximum atomic E-state index is 12.7. The number of carbonyl (C=O) groups excluding carboxylic acids is 3. The summed E-state index contributed by atoms with van der Waals surface area (Å²) in [6.07, 6.45) is -2.10. The number of ketones is 1. The first kappa shape index (κ1) is 25.6. The summed E-state index contributed by atoms with van der Waals surface area (Å²) in [4.78, 5) is 49.0. The summed E-state index contributed by atoms with van der Waals surface area (Å²) in [7, 11) is 0. The second-order valence-electron chi connectivity index (χ2n) is 8.65. The van der Waals surface area contributed by atoms with E-state index in [1.807, 2.05) is 6.07 Å². The van der Waals surface area contributed by atoms with E-state index in [9.17, 15) is 24.3 Å². The van der Waals surface area contributed by atoms with Gasteiger partial charge in [-0.2, -0.15) is 0 Å². The number of esters is 1. The number of nitrogens with one attached hydrogen (secondary N) is 1. The van der Waals surface area contributed by atoms with Gasteiger partial charge in [0.25, 0.3) is 0 Å².